The van der Waals surface area contributed by atoms with Crippen molar-refractivity contribution in [2.24, 2.45) is 11.8 Å². The molecule has 0 spiro atoms. The highest BCUT2D eigenvalue weighted by Gasteiger charge is 2.53. The van der Waals surface area contributed by atoms with Crippen LogP contribution in [0, 0.1) is 17.7 Å². The fraction of sp³-hybridized carbons (Fsp3) is 0.585. The summed E-state index contributed by atoms with van der Waals surface area (Å²) in [5.74, 6) is -0.785. The summed E-state index contributed by atoms with van der Waals surface area (Å²) in [6.45, 7) is 10.1. The predicted molar refractivity (Wildman–Crippen MR) is 208 cm³/mol. The largest absolute Gasteiger partial charge is 0.453 e. The Hall–Kier alpha value is -4.01. The Kier molecular flexibility index (Phi) is 12.3. The molecule has 1 aliphatic carbocycles. The molecular weight excluding hydrogens is 726 g/mol. The van der Waals surface area contributed by atoms with Crippen LogP contribution in [0.25, 0.3) is 0 Å². The minimum absolute atomic E-state index is 0.0405. The molecule has 5 atom stereocenters. The molecule has 3 N–H and O–H groups in total. The van der Waals surface area contributed by atoms with Crippen LogP contribution in [0.1, 0.15) is 64.4 Å². The molecule has 1 saturated carbocycles. The lowest BCUT2D eigenvalue weighted by Gasteiger charge is -2.53. The number of ether oxygens (including phenoxy) is 1. The molecular formula is C41H56FN5O7S. The summed E-state index contributed by atoms with van der Waals surface area (Å²) in [5.41, 5.74) is 0.0407. The number of β-amino-alcohol motifs (C(OH)–C–C–N with tert-alkyl or cyclic N) is 1. The van der Waals surface area contributed by atoms with Crippen LogP contribution in [0.3, 0.4) is 0 Å². The van der Waals surface area contributed by atoms with E-state index in [-0.39, 0.29) is 53.0 Å². The Labute approximate surface area is 324 Å². The van der Waals surface area contributed by atoms with Crippen molar-refractivity contribution in [1.29, 1.82) is 0 Å². The summed E-state index contributed by atoms with van der Waals surface area (Å²) < 4.78 is 47.0. The molecule has 0 radical (unpaired) electrons. The van der Waals surface area contributed by atoms with Gasteiger partial charge in [-0.15, -0.1) is 0 Å². The highest BCUT2D eigenvalue weighted by atomic mass is 32.2. The van der Waals surface area contributed by atoms with Gasteiger partial charge >= 0.3 is 6.09 Å². The summed E-state index contributed by atoms with van der Waals surface area (Å²) in [5, 5.41) is 17.0. The Morgan fingerprint density at radius 3 is 2.40 bits per heavy atom. The van der Waals surface area contributed by atoms with Crippen molar-refractivity contribution in [3.63, 3.8) is 0 Å². The molecule has 2 aromatic carbocycles. The van der Waals surface area contributed by atoms with Gasteiger partial charge in [0.15, 0.2) is 9.84 Å². The standard InChI is InChI=1S/C41H56FN5O7S/c1-5-38(49)47-23-35(15-12-28(47)2)55(52,53)34-16-13-33(14-17-34)46-26-40(51,27-46)25-45-20-18-30(19-21-45)41(24-43-29(3)48,31-8-6-9-32(42)22-31)36-10-7-11-37(36)44-39(50)54-4/h5-6,8-9,13-14,16-17,22,28,30,35-37,51H,1,7,10-12,15,18-21,23-27H2,2-4H3,(H,43,48)(H,44,50)/t28-,35-,36+,37+,41+/m1/s1. The van der Waals surface area contributed by atoms with E-state index < -0.39 is 32.2 Å². The molecule has 3 aliphatic heterocycles. The number of benzene rings is 2. The molecule has 14 heteroatoms. The Balaban J connectivity index is 1.11. The number of nitrogens with zero attached hydrogens (tertiary/aromatic N) is 3. The van der Waals surface area contributed by atoms with Gasteiger partial charge < -0.3 is 35.2 Å². The summed E-state index contributed by atoms with van der Waals surface area (Å²) in [7, 11) is -2.32. The van der Waals surface area contributed by atoms with Crippen molar-refractivity contribution >= 4 is 33.4 Å². The molecule has 55 heavy (non-hydrogen) atoms. The van der Waals surface area contributed by atoms with Crippen molar-refractivity contribution in [3.8, 4) is 0 Å². The van der Waals surface area contributed by atoms with E-state index in [1.54, 1.807) is 41.3 Å². The van der Waals surface area contributed by atoms with E-state index in [4.69, 9.17) is 4.74 Å². The van der Waals surface area contributed by atoms with Gasteiger partial charge in [-0.25, -0.2) is 17.6 Å². The van der Waals surface area contributed by atoms with E-state index in [0.29, 0.717) is 52.1 Å². The van der Waals surface area contributed by atoms with Crippen LogP contribution in [0.5, 0.6) is 0 Å². The summed E-state index contributed by atoms with van der Waals surface area (Å²) in [4.78, 5) is 43.2. The molecule has 6 rings (SSSR count). The molecule has 300 valence electrons. The third-order valence-electron chi connectivity index (χ3n) is 12.7. The van der Waals surface area contributed by atoms with E-state index in [2.05, 4.69) is 22.1 Å². The van der Waals surface area contributed by atoms with Crippen LogP contribution in [0.15, 0.2) is 66.1 Å². The number of hydrogen-bond donors (Lipinski definition) is 3. The molecule has 4 fully saturated rings. The van der Waals surface area contributed by atoms with E-state index in [0.717, 1.165) is 43.4 Å². The number of anilines is 1. The van der Waals surface area contributed by atoms with Gasteiger partial charge in [-0.05, 0) is 118 Å². The van der Waals surface area contributed by atoms with Crippen molar-refractivity contribution in [2.45, 2.75) is 92.0 Å². The number of carbonyl (C=O) groups is 3. The highest BCUT2D eigenvalue weighted by Crippen LogP contribution is 2.50. The Morgan fingerprint density at radius 1 is 1.05 bits per heavy atom. The predicted octanol–water partition coefficient (Wildman–Crippen LogP) is 4.03. The SMILES string of the molecule is C=CC(=O)N1C[C@H](S(=O)(=O)c2ccc(N3CC(O)(CN4CCC([C@@](CNC(C)=O)(c5cccc(F)c5)[C@H]5CCC[C@@H]5NC(=O)OC)CC4)C3)cc2)CC[C@H]1C. The third kappa shape index (κ3) is 8.56. The second kappa shape index (κ2) is 16.6. The minimum Gasteiger partial charge on any atom is -0.453 e. The molecule has 3 amide bonds. The van der Waals surface area contributed by atoms with Crippen LogP contribution in [-0.2, 0) is 29.6 Å². The number of likely N-dealkylation sites (tertiary alicyclic amines) is 2. The van der Waals surface area contributed by atoms with Gasteiger partial charge in [0.05, 0.1) is 17.3 Å². The van der Waals surface area contributed by atoms with Gasteiger partial charge in [0, 0.05) is 62.8 Å². The van der Waals surface area contributed by atoms with Crippen LogP contribution in [0.2, 0.25) is 0 Å². The van der Waals surface area contributed by atoms with E-state index in [1.165, 1.54) is 26.2 Å². The number of hydrogen-bond acceptors (Lipinski definition) is 9. The second-order valence-corrected chi connectivity index (χ2v) is 18.4. The fourth-order valence-electron chi connectivity index (χ4n) is 9.90. The zero-order valence-corrected chi connectivity index (χ0v) is 33.0. The summed E-state index contributed by atoms with van der Waals surface area (Å²) >= 11 is 0. The van der Waals surface area contributed by atoms with Gasteiger partial charge in [-0.2, -0.15) is 0 Å². The molecule has 3 saturated heterocycles. The van der Waals surface area contributed by atoms with E-state index >= 15 is 0 Å². The number of aliphatic hydroxyl groups is 1. The van der Waals surface area contributed by atoms with Gasteiger partial charge in [0.2, 0.25) is 11.8 Å². The first-order valence-electron chi connectivity index (χ1n) is 19.5. The first-order chi connectivity index (χ1) is 26.2. The number of nitrogens with one attached hydrogen (secondary N) is 2. The van der Waals surface area contributed by atoms with Crippen LogP contribution >= 0.6 is 0 Å². The lowest BCUT2D eigenvalue weighted by Crippen LogP contribution is -2.67. The Bertz CT molecular complexity index is 1830. The average Bonchev–Trinajstić information content (AvgIpc) is 3.62. The maximum atomic E-state index is 14.9. The molecule has 0 bridgehead atoms. The zero-order chi connectivity index (χ0) is 39.5. The summed E-state index contributed by atoms with van der Waals surface area (Å²) in [6.07, 6.45) is 5.77. The summed E-state index contributed by atoms with van der Waals surface area (Å²) in [6, 6.07) is 13.2. The number of sulfone groups is 1. The van der Waals surface area contributed by atoms with Crippen LogP contribution in [0.4, 0.5) is 14.9 Å². The van der Waals surface area contributed by atoms with Gasteiger partial charge in [-0.1, -0.05) is 25.1 Å². The van der Waals surface area contributed by atoms with Gasteiger partial charge in [0.25, 0.3) is 0 Å². The van der Waals surface area contributed by atoms with Crippen molar-refractivity contribution in [1.82, 2.24) is 20.4 Å². The number of rotatable bonds is 12. The molecule has 2 aromatic rings. The van der Waals surface area contributed by atoms with Gasteiger partial charge in [0.1, 0.15) is 11.4 Å². The van der Waals surface area contributed by atoms with Crippen molar-refractivity contribution in [3.05, 3.63) is 72.6 Å². The smallest absolute Gasteiger partial charge is 0.407 e. The van der Waals surface area contributed by atoms with Crippen LogP contribution in [-0.4, -0.2) is 117 Å². The lowest BCUT2D eigenvalue weighted by molar-refractivity contribution is -0.129. The van der Waals surface area contributed by atoms with E-state index in [9.17, 15) is 32.3 Å². The topological polar surface area (TPSA) is 149 Å². The molecule has 0 unspecified atom stereocenters. The number of carbonyl (C=O) groups excluding carboxylic acids is 3. The number of methoxy groups -OCH3 is 1. The van der Waals surface area contributed by atoms with Crippen LogP contribution < -0.4 is 15.5 Å². The fourth-order valence-corrected chi connectivity index (χ4v) is 11.6. The maximum Gasteiger partial charge on any atom is 0.407 e. The number of piperidine rings is 2. The molecule has 0 aromatic heterocycles. The van der Waals surface area contributed by atoms with Crippen molar-refractivity contribution in [2.75, 3.05) is 57.8 Å². The van der Waals surface area contributed by atoms with Crippen molar-refractivity contribution < 1.29 is 37.0 Å². The molecule has 3 heterocycles. The maximum absolute atomic E-state index is 14.9. The van der Waals surface area contributed by atoms with E-state index in [1.807, 2.05) is 17.9 Å². The quantitative estimate of drug-likeness (QED) is 0.272. The highest BCUT2D eigenvalue weighted by molar-refractivity contribution is 7.92. The normalized spacial score (nSPS) is 25.7. The zero-order valence-electron chi connectivity index (χ0n) is 32.2. The monoisotopic (exact) mass is 781 g/mol. The second-order valence-electron chi connectivity index (χ2n) is 16.2. The average molecular weight is 782 g/mol. The number of amides is 3. The lowest BCUT2D eigenvalue weighted by atomic mass is 9.58. The third-order valence-corrected chi connectivity index (χ3v) is 14.9. The number of alkyl carbamates (subject to hydrolysis) is 1. The number of halogens is 1. The molecule has 4 aliphatic rings. The minimum atomic E-state index is -3.66. The molecule has 12 nitrogen and oxygen atoms in total. The first kappa shape index (κ1) is 40.6. The van der Waals surface area contributed by atoms with Gasteiger partial charge in [-0.3, -0.25) is 9.59 Å². The first-order valence-corrected chi connectivity index (χ1v) is 21.1. The Morgan fingerprint density at radius 2 is 1.76 bits per heavy atom.